The van der Waals surface area contributed by atoms with Crippen molar-refractivity contribution < 1.29 is 9.90 Å². The molecule has 0 aliphatic heterocycles. The number of rotatable bonds is 1. The topological polar surface area (TPSA) is 70.4 Å². The number of aromatic carboxylic acids is 1. The first-order valence-electron chi connectivity index (χ1n) is 3.90. The molecular weight excluding hydrogens is 202 g/mol. The summed E-state index contributed by atoms with van der Waals surface area (Å²) in [6.07, 6.45) is 1.37. The molecule has 2 heterocycles. The van der Waals surface area contributed by atoms with Crippen molar-refractivity contribution in [3.63, 3.8) is 0 Å². The molecule has 72 valence electrons. The van der Waals surface area contributed by atoms with E-state index in [1.54, 1.807) is 13.0 Å². The number of aromatic amines is 1. The van der Waals surface area contributed by atoms with E-state index in [1.165, 1.54) is 10.7 Å². The smallest absolute Gasteiger partial charge is 0.341 e. The van der Waals surface area contributed by atoms with Crippen LogP contribution in [-0.2, 0) is 0 Å². The molecule has 0 aliphatic rings. The number of aryl methyl sites for hydroxylation is 1. The monoisotopic (exact) mass is 209 g/mol. The van der Waals surface area contributed by atoms with Crippen LogP contribution in [0.4, 0.5) is 0 Å². The lowest BCUT2D eigenvalue weighted by Crippen LogP contribution is -1.99. The molecule has 5 nitrogen and oxygen atoms in total. The number of nitrogens with zero attached hydrogens (tertiary/aromatic N) is 2. The second-order valence-electron chi connectivity index (χ2n) is 2.89. The van der Waals surface area contributed by atoms with Crippen LogP contribution in [0.5, 0.6) is 0 Å². The Balaban J connectivity index is 2.92. The lowest BCUT2D eigenvalue weighted by Gasteiger charge is -1.96. The first kappa shape index (κ1) is 8.89. The maximum absolute atomic E-state index is 10.8. The Morgan fingerprint density at radius 3 is 3.07 bits per heavy atom. The quantitative estimate of drug-likeness (QED) is 0.696. The largest absolute Gasteiger partial charge is 0.477 e. The van der Waals surface area contributed by atoms with Crippen LogP contribution in [0.3, 0.4) is 0 Å². The molecule has 2 aromatic heterocycles. The Hall–Kier alpha value is -1.69. The average molecular weight is 209 g/mol. The van der Waals surface area contributed by atoms with E-state index in [0.29, 0.717) is 16.0 Å². The number of nitrogens with one attached hydrogen (secondary N) is 1. The van der Waals surface area contributed by atoms with Gasteiger partial charge >= 0.3 is 5.97 Å². The van der Waals surface area contributed by atoms with Crippen LogP contribution in [-0.4, -0.2) is 25.7 Å². The van der Waals surface area contributed by atoms with E-state index in [4.69, 9.17) is 17.3 Å². The van der Waals surface area contributed by atoms with Crippen LogP contribution >= 0.6 is 12.2 Å². The minimum absolute atomic E-state index is 0.125. The molecule has 2 aromatic rings. The molecule has 0 radical (unpaired) electrons. The van der Waals surface area contributed by atoms with Crippen LogP contribution in [0.2, 0.25) is 0 Å². The number of fused-ring (bicyclic) bond motifs is 1. The first-order chi connectivity index (χ1) is 6.59. The maximum Gasteiger partial charge on any atom is 0.341 e. The summed E-state index contributed by atoms with van der Waals surface area (Å²) in [5.74, 6) is -1.02. The van der Waals surface area contributed by atoms with Gasteiger partial charge in [-0.05, 0) is 13.0 Å². The van der Waals surface area contributed by atoms with E-state index in [1.807, 2.05) is 0 Å². The summed E-state index contributed by atoms with van der Waals surface area (Å²) < 4.78 is 1.98. The zero-order valence-corrected chi connectivity index (χ0v) is 8.13. The van der Waals surface area contributed by atoms with Crippen LogP contribution in [0.1, 0.15) is 16.1 Å². The van der Waals surface area contributed by atoms with Crippen LogP contribution in [0, 0.1) is 11.6 Å². The first-order valence-corrected chi connectivity index (χ1v) is 4.31. The molecule has 0 aromatic carbocycles. The van der Waals surface area contributed by atoms with E-state index in [-0.39, 0.29) is 5.56 Å². The number of hydrogen-bond acceptors (Lipinski definition) is 3. The summed E-state index contributed by atoms with van der Waals surface area (Å²) in [6, 6.07) is 1.70. The molecule has 0 fully saturated rings. The highest BCUT2D eigenvalue weighted by Gasteiger charge is 2.11. The highest BCUT2D eigenvalue weighted by atomic mass is 32.1. The molecule has 14 heavy (non-hydrogen) atoms. The normalized spacial score (nSPS) is 10.6. The Labute approximate surface area is 84.0 Å². The summed E-state index contributed by atoms with van der Waals surface area (Å²) in [6.45, 7) is 1.77. The average Bonchev–Trinajstić information content (AvgIpc) is 2.47. The molecule has 0 atom stereocenters. The van der Waals surface area contributed by atoms with Gasteiger partial charge in [-0.25, -0.2) is 14.3 Å². The SMILES string of the molecule is Cc1cc(=S)n2[nH]cc(C(=O)O)c2n1. The van der Waals surface area contributed by atoms with Gasteiger partial charge < -0.3 is 5.11 Å². The van der Waals surface area contributed by atoms with Crippen molar-refractivity contribution >= 4 is 23.8 Å². The van der Waals surface area contributed by atoms with E-state index in [0.717, 1.165) is 0 Å². The van der Waals surface area contributed by atoms with Gasteiger partial charge in [-0.15, -0.1) is 0 Å². The summed E-state index contributed by atoms with van der Waals surface area (Å²) in [5, 5.41) is 11.6. The summed E-state index contributed by atoms with van der Waals surface area (Å²) in [7, 11) is 0. The van der Waals surface area contributed by atoms with Gasteiger partial charge in [0.25, 0.3) is 0 Å². The predicted molar refractivity (Wildman–Crippen MR) is 52.1 cm³/mol. The summed E-state index contributed by atoms with van der Waals surface area (Å²) >= 11 is 5.04. The molecule has 2 rings (SSSR count). The van der Waals surface area contributed by atoms with E-state index in [9.17, 15) is 4.79 Å². The molecule has 0 saturated heterocycles. The van der Waals surface area contributed by atoms with Crippen molar-refractivity contribution in [1.82, 2.24) is 14.6 Å². The number of carboxylic acids is 1. The molecule has 0 bridgehead atoms. The van der Waals surface area contributed by atoms with Crippen molar-refractivity contribution in [1.29, 1.82) is 0 Å². The van der Waals surface area contributed by atoms with Crippen LogP contribution in [0.15, 0.2) is 12.3 Å². The minimum Gasteiger partial charge on any atom is -0.477 e. The third-order valence-electron chi connectivity index (χ3n) is 1.86. The molecule has 2 N–H and O–H groups in total. The number of H-pyrrole nitrogens is 1. The minimum atomic E-state index is -1.02. The Morgan fingerprint density at radius 1 is 1.71 bits per heavy atom. The fourth-order valence-corrected chi connectivity index (χ4v) is 1.56. The molecule has 0 unspecified atom stereocenters. The fraction of sp³-hybridized carbons (Fsp3) is 0.125. The van der Waals surface area contributed by atoms with E-state index >= 15 is 0 Å². The lowest BCUT2D eigenvalue weighted by atomic mass is 10.3. The maximum atomic E-state index is 10.8. The third-order valence-corrected chi connectivity index (χ3v) is 2.16. The Morgan fingerprint density at radius 2 is 2.43 bits per heavy atom. The van der Waals surface area contributed by atoms with Crippen molar-refractivity contribution in [2.45, 2.75) is 6.92 Å². The molecule has 0 saturated carbocycles. The standard InChI is InChI=1S/C8H7N3O2S/c1-4-2-6(14)11-7(10-4)5(3-9-11)8(12)13/h2-3,9H,1H3,(H,12,13). The van der Waals surface area contributed by atoms with Gasteiger partial charge in [0, 0.05) is 11.9 Å². The molecular formula is C8H7N3O2S. The molecule has 0 spiro atoms. The van der Waals surface area contributed by atoms with Gasteiger partial charge in [0.1, 0.15) is 10.2 Å². The summed E-state index contributed by atoms with van der Waals surface area (Å²) in [4.78, 5) is 14.9. The lowest BCUT2D eigenvalue weighted by molar-refractivity contribution is 0.0699. The zero-order chi connectivity index (χ0) is 10.3. The van der Waals surface area contributed by atoms with Gasteiger partial charge in [-0.3, -0.25) is 5.10 Å². The molecule has 0 amide bonds. The van der Waals surface area contributed by atoms with E-state index in [2.05, 4.69) is 10.1 Å². The molecule has 6 heteroatoms. The predicted octanol–water partition coefficient (Wildman–Crippen LogP) is 1.40. The summed E-state index contributed by atoms with van der Waals surface area (Å²) in [5.41, 5.74) is 1.18. The number of carbonyl (C=O) groups is 1. The number of hydrogen-bond donors (Lipinski definition) is 2. The number of aromatic nitrogens is 3. The second-order valence-corrected chi connectivity index (χ2v) is 3.31. The highest BCUT2D eigenvalue weighted by Crippen LogP contribution is 2.09. The van der Waals surface area contributed by atoms with Gasteiger partial charge in [-0.1, -0.05) is 12.2 Å². The third kappa shape index (κ3) is 1.20. The van der Waals surface area contributed by atoms with Crippen molar-refractivity contribution in [3.8, 4) is 0 Å². The van der Waals surface area contributed by atoms with Gasteiger partial charge in [0.2, 0.25) is 0 Å². The van der Waals surface area contributed by atoms with Gasteiger partial charge in [0.05, 0.1) is 0 Å². The number of carboxylic acid groups (broad SMARTS) is 1. The van der Waals surface area contributed by atoms with Crippen LogP contribution < -0.4 is 0 Å². The Kier molecular flexibility index (Phi) is 1.85. The van der Waals surface area contributed by atoms with Crippen LogP contribution in [0.25, 0.3) is 5.65 Å². The van der Waals surface area contributed by atoms with E-state index < -0.39 is 5.97 Å². The molecule has 0 aliphatic carbocycles. The van der Waals surface area contributed by atoms with Crippen molar-refractivity contribution in [2.75, 3.05) is 0 Å². The van der Waals surface area contributed by atoms with Gasteiger partial charge in [-0.2, -0.15) is 0 Å². The van der Waals surface area contributed by atoms with Crippen molar-refractivity contribution in [3.05, 3.63) is 28.2 Å². The van der Waals surface area contributed by atoms with Gasteiger partial charge in [0.15, 0.2) is 5.65 Å². The Bertz CT molecular complexity index is 569. The van der Waals surface area contributed by atoms with Crippen molar-refractivity contribution in [2.24, 2.45) is 0 Å². The fourth-order valence-electron chi connectivity index (χ4n) is 1.25. The highest BCUT2D eigenvalue weighted by molar-refractivity contribution is 7.71. The second kappa shape index (κ2) is 2.91. The zero-order valence-electron chi connectivity index (χ0n) is 7.31.